The van der Waals surface area contributed by atoms with E-state index in [1.807, 2.05) is 0 Å². The normalized spacial score (nSPS) is 11.6. The molecular formula is C16H11ClF3N3O2S. The average Bonchev–Trinajstić information content (AvgIpc) is 3.01. The predicted molar refractivity (Wildman–Crippen MR) is 91.2 cm³/mol. The quantitative estimate of drug-likeness (QED) is 0.690. The molecule has 136 valence electrons. The van der Waals surface area contributed by atoms with Crippen molar-refractivity contribution in [2.75, 3.05) is 13.2 Å². The van der Waals surface area contributed by atoms with Crippen molar-refractivity contribution >= 4 is 22.9 Å². The van der Waals surface area contributed by atoms with Crippen LogP contribution in [0.1, 0.15) is 5.56 Å². The molecule has 2 heterocycles. The molecule has 3 aromatic rings. The lowest BCUT2D eigenvalue weighted by molar-refractivity contribution is -0.137. The van der Waals surface area contributed by atoms with Gasteiger partial charge in [-0.1, -0.05) is 23.7 Å². The van der Waals surface area contributed by atoms with E-state index in [-0.39, 0.29) is 24.4 Å². The van der Waals surface area contributed by atoms with Gasteiger partial charge in [-0.2, -0.15) is 18.2 Å². The summed E-state index contributed by atoms with van der Waals surface area (Å²) in [5, 5.41) is 9.42. The monoisotopic (exact) mass is 401 g/mol. The Morgan fingerprint density at radius 1 is 1.12 bits per heavy atom. The summed E-state index contributed by atoms with van der Waals surface area (Å²) in [5.74, 6) is 0. The highest BCUT2D eigenvalue weighted by Gasteiger charge is 2.30. The zero-order chi connectivity index (χ0) is 18.7. The minimum atomic E-state index is -4.39. The van der Waals surface area contributed by atoms with Gasteiger partial charge in [0.15, 0.2) is 0 Å². The molecule has 3 rings (SSSR count). The molecule has 0 unspecified atom stereocenters. The maximum atomic E-state index is 12.7. The molecule has 0 spiro atoms. The second-order valence-corrected chi connectivity index (χ2v) is 6.37. The van der Waals surface area contributed by atoms with Gasteiger partial charge in [-0.05, 0) is 18.2 Å². The minimum absolute atomic E-state index is 0.0523. The molecule has 0 aliphatic heterocycles. The second kappa shape index (κ2) is 7.56. The van der Waals surface area contributed by atoms with Crippen LogP contribution in [0.2, 0.25) is 5.15 Å². The first kappa shape index (κ1) is 18.6. The molecule has 10 heteroatoms. The van der Waals surface area contributed by atoms with Crippen LogP contribution < -0.4 is 4.74 Å². The predicted octanol–water partition coefficient (Wildman–Crippen LogP) is 4.31. The van der Waals surface area contributed by atoms with E-state index in [1.54, 1.807) is 6.07 Å². The van der Waals surface area contributed by atoms with Gasteiger partial charge in [0.1, 0.15) is 16.8 Å². The van der Waals surface area contributed by atoms with Gasteiger partial charge in [0.05, 0.1) is 22.7 Å². The highest BCUT2D eigenvalue weighted by Crippen LogP contribution is 2.38. The highest BCUT2D eigenvalue weighted by molar-refractivity contribution is 7.19. The Hall–Kier alpha value is -2.23. The fourth-order valence-electron chi connectivity index (χ4n) is 2.06. The molecule has 0 fully saturated rings. The lowest BCUT2D eigenvalue weighted by Crippen LogP contribution is -2.04. The van der Waals surface area contributed by atoms with Crippen molar-refractivity contribution in [1.29, 1.82) is 0 Å². The molecule has 0 saturated carbocycles. The molecule has 0 aliphatic carbocycles. The third-order valence-electron chi connectivity index (χ3n) is 3.23. The highest BCUT2D eigenvalue weighted by atomic mass is 35.5. The Morgan fingerprint density at radius 2 is 1.85 bits per heavy atom. The van der Waals surface area contributed by atoms with Gasteiger partial charge in [-0.15, -0.1) is 11.3 Å². The van der Waals surface area contributed by atoms with Crippen molar-refractivity contribution in [3.05, 3.63) is 47.2 Å². The van der Waals surface area contributed by atoms with Crippen LogP contribution in [0.5, 0.6) is 6.01 Å². The summed E-state index contributed by atoms with van der Waals surface area (Å²) in [6, 6.07) is 6.37. The number of benzene rings is 1. The van der Waals surface area contributed by atoms with E-state index >= 15 is 0 Å². The number of aromatic nitrogens is 3. The van der Waals surface area contributed by atoms with Crippen LogP contribution in [0.25, 0.3) is 21.1 Å². The standard InChI is InChI=1S/C16H11ClF3N3O2S/c17-13-12(11-5-6-21-15(22-11)25-8-7-24)26-14(23-13)9-1-3-10(4-2-9)16(18,19)20/h1-6,24H,7-8H2. The topological polar surface area (TPSA) is 68.1 Å². The second-order valence-electron chi connectivity index (χ2n) is 5.01. The zero-order valence-corrected chi connectivity index (χ0v) is 14.6. The molecule has 0 amide bonds. The molecule has 0 saturated heterocycles. The third-order valence-corrected chi connectivity index (χ3v) is 4.75. The number of aliphatic hydroxyl groups excluding tert-OH is 1. The van der Waals surface area contributed by atoms with Gasteiger partial charge in [0.25, 0.3) is 0 Å². The number of thiazole rings is 1. The summed E-state index contributed by atoms with van der Waals surface area (Å²) in [5.41, 5.74) is 0.251. The lowest BCUT2D eigenvalue weighted by Gasteiger charge is -2.06. The van der Waals surface area contributed by atoms with E-state index in [0.29, 0.717) is 21.1 Å². The first-order chi connectivity index (χ1) is 12.4. The van der Waals surface area contributed by atoms with E-state index in [2.05, 4.69) is 15.0 Å². The van der Waals surface area contributed by atoms with Crippen LogP contribution in [0.3, 0.4) is 0 Å². The van der Waals surface area contributed by atoms with Gasteiger partial charge in [0, 0.05) is 11.8 Å². The van der Waals surface area contributed by atoms with Crippen LogP contribution in [-0.2, 0) is 6.18 Å². The fraction of sp³-hybridized carbons (Fsp3) is 0.188. The molecule has 2 aromatic heterocycles. The number of hydrogen-bond acceptors (Lipinski definition) is 6. The zero-order valence-electron chi connectivity index (χ0n) is 13.0. The van der Waals surface area contributed by atoms with Crippen molar-refractivity contribution in [2.45, 2.75) is 6.18 Å². The van der Waals surface area contributed by atoms with Crippen LogP contribution in [0.15, 0.2) is 36.5 Å². The molecule has 26 heavy (non-hydrogen) atoms. The van der Waals surface area contributed by atoms with Crippen LogP contribution in [0.4, 0.5) is 13.2 Å². The van der Waals surface area contributed by atoms with Crippen molar-refractivity contribution in [1.82, 2.24) is 15.0 Å². The van der Waals surface area contributed by atoms with E-state index in [1.165, 1.54) is 29.7 Å². The summed E-state index contributed by atoms with van der Waals surface area (Å²) in [4.78, 5) is 12.8. The minimum Gasteiger partial charge on any atom is -0.461 e. The van der Waals surface area contributed by atoms with E-state index in [4.69, 9.17) is 21.4 Å². The Bertz CT molecular complexity index is 901. The maximum Gasteiger partial charge on any atom is 0.416 e. The molecule has 0 radical (unpaired) electrons. The molecule has 1 aromatic carbocycles. The number of ether oxygens (including phenoxy) is 1. The fourth-order valence-corrected chi connectivity index (χ4v) is 3.34. The van der Waals surface area contributed by atoms with E-state index in [9.17, 15) is 13.2 Å². The largest absolute Gasteiger partial charge is 0.461 e. The van der Waals surface area contributed by atoms with Gasteiger partial charge >= 0.3 is 12.2 Å². The summed E-state index contributed by atoms with van der Waals surface area (Å²) < 4.78 is 43.1. The van der Waals surface area contributed by atoms with Crippen molar-refractivity contribution in [3.63, 3.8) is 0 Å². The van der Waals surface area contributed by atoms with E-state index < -0.39 is 11.7 Å². The SMILES string of the molecule is OCCOc1nccc(-c2sc(-c3ccc(C(F)(F)F)cc3)nc2Cl)n1. The first-order valence-corrected chi connectivity index (χ1v) is 8.49. The molecule has 0 bridgehead atoms. The van der Waals surface area contributed by atoms with E-state index in [0.717, 1.165) is 12.1 Å². The van der Waals surface area contributed by atoms with Gasteiger partial charge in [-0.3, -0.25) is 0 Å². The van der Waals surface area contributed by atoms with Gasteiger partial charge < -0.3 is 9.84 Å². The number of nitrogens with zero attached hydrogens (tertiary/aromatic N) is 3. The Kier molecular flexibility index (Phi) is 5.40. The molecule has 0 aliphatic rings. The first-order valence-electron chi connectivity index (χ1n) is 7.29. The summed E-state index contributed by atoms with van der Waals surface area (Å²) in [7, 11) is 0. The smallest absolute Gasteiger partial charge is 0.416 e. The van der Waals surface area contributed by atoms with Crippen molar-refractivity contribution in [2.24, 2.45) is 0 Å². The Morgan fingerprint density at radius 3 is 2.50 bits per heavy atom. The summed E-state index contributed by atoms with van der Waals surface area (Å²) in [6.07, 6.45) is -2.92. The van der Waals surface area contributed by atoms with Gasteiger partial charge in [-0.25, -0.2) is 9.97 Å². The Labute approximate surface area is 155 Å². The Balaban J connectivity index is 1.90. The molecule has 5 nitrogen and oxygen atoms in total. The van der Waals surface area contributed by atoms with Crippen LogP contribution >= 0.6 is 22.9 Å². The van der Waals surface area contributed by atoms with Crippen molar-refractivity contribution < 1.29 is 23.0 Å². The van der Waals surface area contributed by atoms with Crippen LogP contribution in [-0.4, -0.2) is 33.3 Å². The number of halogens is 4. The number of hydrogen-bond donors (Lipinski definition) is 1. The maximum absolute atomic E-state index is 12.7. The lowest BCUT2D eigenvalue weighted by atomic mass is 10.1. The molecule has 0 atom stereocenters. The average molecular weight is 402 g/mol. The third kappa shape index (κ3) is 4.12. The summed E-state index contributed by atoms with van der Waals surface area (Å²) >= 11 is 7.36. The number of rotatable bonds is 5. The number of alkyl halides is 3. The number of aliphatic hydroxyl groups is 1. The summed E-state index contributed by atoms with van der Waals surface area (Å²) in [6.45, 7) is -0.121. The molecular weight excluding hydrogens is 391 g/mol. The molecule has 1 N–H and O–H groups in total. The van der Waals surface area contributed by atoms with Gasteiger partial charge in [0.2, 0.25) is 0 Å². The van der Waals surface area contributed by atoms with Crippen LogP contribution in [0, 0.1) is 0 Å². The van der Waals surface area contributed by atoms with Crippen molar-refractivity contribution in [3.8, 4) is 27.2 Å².